The number of nitrogens with one attached hydrogen (secondary N) is 3. The molecule has 4 rings (SSSR count). The Bertz CT molecular complexity index is 1650. The van der Waals surface area contributed by atoms with Crippen molar-refractivity contribution in [2.75, 3.05) is 24.9 Å². The van der Waals surface area contributed by atoms with Crippen LogP contribution in [0.25, 0.3) is 6.08 Å². The third kappa shape index (κ3) is 8.29. The van der Waals surface area contributed by atoms with E-state index in [0.717, 1.165) is 21.7 Å². The average molecular weight is 610 g/mol. The number of hydrogen-bond acceptors (Lipinski definition) is 6. The number of ether oxygens (including phenoxy) is 2. The Morgan fingerprint density at radius 1 is 0.795 bits per heavy atom. The Morgan fingerprint density at radius 2 is 1.48 bits per heavy atom. The third-order valence-electron chi connectivity index (χ3n) is 6.79. The summed E-state index contributed by atoms with van der Waals surface area (Å²) in [5.41, 5.74) is 4.38. The molecule has 0 radical (unpaired) electrons. The van der Waals surface area contributed by atoms with Crippen molar-refractivity contribution < 1.29 is 23.9 Å². The van der Waals surface area contributed by atoms with E-state index in [2.05, 4.69) is 16.0 Å². The maximum atomic E-state index is 13.5. The molecule has 8 nitrogen and oxygen atoms in total. The van der Waals surface area contributed by atoms with Crippen LogP contribution in [0.2, 0.25) is 0 Å². The maximum Gasteiger partial charge on any atom is 0.272 e. The first-order valence-corrected chi connectivity index (χ1v) is 14.8. The number of benzene rings is 4. The molecule has 0 heterocycles. The third-order valence-corrected chi connectivity index (χ3v) is 7.90. The Balaban J connectivity index is 1.49. The van der Waals surface area contributed by atoms with Crippen LogP contribution in [0.5, 0.6) is 11.5 Å². The van der Waals surface area contributed by atoms with Gasteiger partial charge in [0, 0.05) is 33.5 Å². The second-order valence-electron chi connectivity index (χ2n) is 9.98. The zero-order valence-electron chi connectivity index (χ0n) is 25.3. The predicted octanol–water partition coefficient (Wildman–Crippen LogP) is 6.85. The summed E-state index contributed by atoms with van der Waals surface area (Å²) in [6.45, 7) is 5.78. The number of carbonyl (C=O) groups is 3. The van der Waals surface area contributed by atoms with Crippen LogP contribution >= 0.6 is 11.8 Å². The van der Waals surface area contributed by atoms with Crippen LogP contribution in [0.4, 0.5) is 11.4 Å². The van der Waals surface area contributed by atoms with Crippen molar-refractivity contribution in [2.45, 2.75) is 30.9 Å². The normalized spacial score (nSPS) is 11.7. The Morgan fingerprint density at radius 3 is 2.11 bits per heavy atom. The fourth-order valence-corrected chi connectivity index (χ4v) is 5.21. The van der Waals surface area contributed by atoms with Gasteiger partial charge in [-0.1, -0.05) is 36.4 Å². The Kier molecular flexibility index (Phi) is 10.8. The topological polar surface area (TPSA) is 106 Å². The summed E-state index contributed by atoms with van der Waals surface area (Å²) in [6.07, 6.45) is 1.55. The molecule has 0 fully saturated rings. The van der Waals surface area contributed by atoms with Crippen LogP contribution in [0.1, 0.15) is 34.0 Å². The first-order chi connectivity index (χ1) is 21.2. The molecular formula is C35H35N3O5S. The molecule has 4 aromatic carbocycles. The Hall–Kier alpha value is -5.02. The van der Waals surface area contributed by atoms with E-state index in [4.69, 9.17) is 9.47 Å². The van der Waals surface area contributed by atoms with Crippen LogP contribution in [0.15, 0.2) is 102 Å². The standard InChI is InChI=1S/C35H35N3O5S/c1-22-10-9-11-23(2)32(22)38-33(39)24(3)44-29-18-15-27(16-19-29)36-35(41)30(37-34(40)25-12-7-6-8-13-25)20-26-14-17-28(42-4)21-31(26)43-5/h6-21,24H,1-5H3,(H,36,41)(H,37,40)(H,38,39)/b30-20-. The van der Waals surface area contributed by atoms with E-state index in [-0.39, 0.29) is 16.9 Å². The number of carbonyl (C=O) groups excluding carboxylic acids is 3. The van der Waals surface area contributed by atoms with Gasteiger partial charge < -0.3 is 25.4 Å². The molecule has 3 amide bonds. The van der Waals surface area contributed by atoms with Gasteiger partial charge in [0.25, 0.3) is 11.8 Å². The van der Waals surface area contributed by atoms with Gasteiger partial charge in [-0.3, -0.25) is 14.4 Å². The lowest BCUT2D eigenvalue weighted by Crippen LogP contribution is -2.30. The zero-order valence-corrected chi connectivity index (χ0v) is 26.1. The SMILES string of the molecule is COc1ccc(/C=C(\NC(=O)c2ccccc2)C(=O)Nc2ccc(SC(C)C(=O)Nc3c(C)cccc3C)cc2)c(OC)c1. The molecule has 1 unspecified atom stereocenters. The molecule has 0 aromatic heterocycles. The highest BCUT2D eigenvalue weighted by Gasteiger charge is 2.18. The van der Waals surface area contributed by atoms with E-state index < -0.39 is 11.8 Å². The second-order valence-corrected chi connectivity index (χ2v) is 11.4. The molecule has 0 aliphatic heterocycles. The molecular weight excluding hydrogens is 574 g/mol. The highest BCUT2D eigenvalue weighted by Crippen LogP contribution is 2.28. The number of amides is 3. The highest BCUT2D eigenvalue weighted by atomic mass is 32.2. The summed E-state index contributed by atoms with van der Waals surface area (Å²) in [4.78, 5) is 40.2. The second kappa shape index (κ2) is 14.9. The molecule has 44 heavy (non-hydrogen) atoms. The summed E-state index contributed by atoms with van der Waals surface area (Å²) in [6, 6.07) is 26.9. The fourth-order valence-electron chi connectivity index (χ4n) is 4.34. The predicted molar refractivity (Wildman–Crippen MR) is 176 cm³/mol. The van der Waals surface area contributed by atoms with Crippen LogP contribution in [-0.4, -0.2) is 37.2 Å². The van der Waals surface area contributed by atoms with Crippen molar-refractivity contribution in [1.82, 2.24) is 5.32 Å². The van der Waals surface area contributed by atoms with E-state index in [1.807, 2.05) is 57.2 Å². The van der Waals surface area contributed by atoms with Crippen molar-refractivity contribution in [1.29, 1.82) is 0 Å². The zero-order chi connectivity index (χ0) is 31.6. The molecule has 0 bridgehead atoms. The van der Waals surface area contributed by atoms with Gasteiger partial charge in [-0.2, -0.15) is 0 Å². The van der Waals surface area contributed by atoms with E-state index in [1.54, 1.807) is 67.8 Å². The van der Waals surface area contributed by atoms with E-state index in [9.17, 15) is 14.4 Å². The fraction of sp³-hybridized carbons (Fsp3) is 0.171. The van der Waals surface area contributed by atoms with Gasteiger partial charge in [0.1, 0.15) is 17.2 Å². The van der Waals surface area contributed by atoms with Crippen molar-refractivity contribution in [3.8, 4) is 11.5 Å². The number of thioether (sulfide) groups is 1. The molecule has 9 heteroatoms. The summed E-state index contributed by atoms with van der Waals surface area (Å²) in [5, 5.41) is 8.27. The molecule has 0 spiro atoms. The summed E-state index contributed by atoms with van der Waals surface area (Å²) in [5.74, 6) is 0.0186. The van der Waals surface area contributed by atoms with Gasteiger partial charge in [0.15, 0.2) is 0 Å². The molecule has 0 aliphatic carbocycles. The van der Waals surface area contributed by atoms with E-state index in [0.29, 0.717) is 28.3 Å². The minimum Gasteiger partial charge on any atom is -0.497 e. The summed E-state index contributed by atoms with van der Waals surface area (Å²) >= 11 is 1.41. The minimum absolute atomic E-state index is 0.0255. The number of methoxy groups -OCH3 is 2. The first-order valence-electron chi connectivity index (χ1n) is 13.9. The van der Waals surface area contributed by atoms with Gasteiger partial charge in [-0.05, 0) is 86.5 Å². The van der Waals surface area contributed by atoms with E-state index >= 15 is 0 Å². The molecule has 0 aliphatic rings. The largest absolute Gasteiger partial charge is 0.497 e. The van der Waals surface area contributed by atoms with Gasteiger partial charge in [0.2, 0.25) is 5.91 Å². The smallest absolute Gasteiger partial charge is 0.272 e. The van der Waals surface area contributed by atoms with Crippen LogP contribution < -0.4 is 25.4 Å². The minimum atomic E-state index is -0.520. The average Bonchev–Trinajstić information content (AvgIpc) is 3.03. The number of rotatable bonds is 11. The first kappa shape index (κ1) is 31.9. The van der Waals surface area contributed by atoms with E-state index in [1.165, 1.54) is 18.9 Å². The molecule has 1 atom stereocenters. The molecule has 0 saturated heterocycles. The molecule has 3 N–H and O–H groups in total. The number of hydrogen-bond donors (Lipinski definition) is 3. The van der Waals surface area contributed by atoms with Crippen LogP contribution in [0, 0.1) is 13.8 Å². The van der Waals surface area contributed by atoms with Crippen molar-refractivity contribution in [3.05, 3.63) is 119 Å². The van der Waals surface area contributed by atoms with Gasteiger partial charge in [-0.25, -0.2) is 0 Å². The number of para-hydroxylation sites is 1. The molecule has 226 valence electrons. The lowest BCUT2D eigenvalue weighted by atomic mass is 10.1. The van der Waals surface area contributed by atoms with Crippen LogP contribution in [0.3, 0.4) is 0 Å². The van der Waals surface area contributed by atoms with Crippen LogP contribution in [-0.2, 0) is 9.59 Å². The monoisotopic (exact) mass is 609 g/mol. The highest BCUT2D eigenvalue weighted by molar-refractivity contribution is 8.00. The maximum absolute atomic E-state index is 13.5. The van der Waals surface area contributed by atoms with Gasteiger partial charge in [0.05, 0.1) is 19.5 Å². The number of anilines is 2. The molecule has 0 saturated carbocycles. The quantitative estimate of drug-likeness (QED) is 0.127. The van der Waals surface area contributed by atoms with Crippen molar-refractivity contribution in [2.24, 2.45) is 0 Å². The Labute approximate surface area is 261 Å². The summed E-state index contributed by atoms with van der Waals surface area (Å²) < 4.78 is 10.8. The number of aryl methyl sites for hydroxylation is 2. The van der Waals surface area contributed by atoms with Crippen molar-refractivity contribution >= 4 is 46.9 Å². The van der Waals surface area contributed by atoms with Gasteiger partial charge >= 0.3 is 0 Å². The summed E-state index contributed by atoms with van der Waals surface area (Å²) in [7, 11) is 3.07. The van der Waals surface area contributed by atoms with Gasteiger partial charge in [-0.15, -0.1) is 11.8 Å². The van der Waals surface area contributed by atoms with Crippen molar-refractivity contribution in [3.63, 3.8) is 0 Å². The lowest BCUT2D eigenvalue weighted by Gasteiger charge is -2.16. The molecule has 4 aromatic rings. The lowest BCUT2D eigenvalue weighted by molar-refractivity contribution is -0.115.